The molecule has 1 aliphatic heterocycles. The zero-order chi connectivity index (χ0) is 17.5. The van der Waals surface area contributed by atoms with Crippen molar-refractivity contribution >= 4 is 11.7 Å². The van der Waals surface area contributed by atoms with E-state index in [1.54, 1.807) is 13.0 Å². The third-order valence-electron chi connectivity index (χ3n) is 4.53. The predicted molar refractivity (Wildman–Crippen MR) is 88.7 cm³/mol. The lowest BCUT2D eigenvalue weighted by molar-refractivity contribution is -0.385. The van der Waals surface area contributed by atoms with Gasteiger partial charge in [0, 0.05) is 44.0 Å². The molecule has 1 aromatic carbocycles. The monoisotopic (exact) mass is 336 g/mol. The Morgan fingerprint density at radius 2 is 2.12 bits per heavy atom. The fraction of sp³-hybridized carbons (Fsp3) is 0.588. The molecule has 1 saturated heterocycles. The molecule has 0 radical (unpaired) electrons. The van der Waals surface area contributed by atoms with E-state index < -0.39 is 0 Å². The second-order valence-corrected chi connectivity index (χ2v) is 5.96. The van der Waals surface area contributed by atoms with Gasteiger partial charge in [0.15, 0.2) is 0 Å². The van der Waals surface area contributed by atoms with Gasteiger partial charge in [0.1, 0.15) is 0 Å². The third-order valence-corrected chi connectivity index (χ3v) is 4.53. The van der Waals surface area contributed by atoms with E-state index in [9.17, 15) is 14.9 Å². The summed E-state index contributed by atoms with van der Waals surface area (Å²) in [4.78, 5) is 24.5. The zero-order valence-electron chi connectivity index (χ0n) is 14.2. The summed E-state index contributed by atoms with van der Waals surface area (Å²) in [7, 11) is 1.38. The van der Waals surface area contributed by atoms with E-state index in [0.29, 0.717) is 44.3 Å². The molecule has 2 rings (SSSR count). The van der Waals surface area contributed by atoms with Crippen LogP contribution in [0.2, 0.25) is 0 Å². The van der Waals surface area contributed by atoms with Crippen molar-refractivity contribution in [3.63, 3.8) is 0 Å². The minimum Gasteiger partial charge on any atom is -0.469 e. The molecule has 0 N–H and O–H groups in total. The number of ether oxygens (including phenoxy) is 2. The van der Waals surface area contributed by atoms with Gasteiger partial charge >= 0.3 is 5.97 Å². The number of methoxy groups -OCH3 is 1. The number of rotatable bonds is 7. The van der Waals surface area contributed by atoms with Crippen LogP contribution in [0.25, 0.3) is 0 Å². The molecule has 132 valence electrons. The maximum atomic E-state index is 11.5. The average molecular weight is 336 g/mol. The Morgan fingerprint density at radius 3 is 2.75 bits per heavy atom. The van der Waals surface area contributed by atoms with Crippen LogP contribution in [0.5, 0.6) is 0 Å². The van der Waals surface area contributed by atoms with Gasteiger partial charge in [-0.1, -0.05) is 12.1 Å². The second kappa shape index (κ2) is 8.75. The topological polar surface area (TPSA) is 81.9 Å². The Morgan fingerprint density at radius 1 is 1.42 bits per heavy atom. The molecular formula is C17H24N2O5. The van der Waals surface area contributed by atoms with Crippen molar-refractivity contribution in [1.29, 1.82) is 0 Å². The molecule has 1 aliphatic rings. The maximum absolute atomic E-state index is 11.5. The van der Waals surface area contributed by atoms with Gasteiger partial charge in [-0.2, -0.15) is 0 Å². The maximum Gasteiger partial charge on any atom is 0.306 e. The summed E-state index contributed by atoms with van der Waals surface area (Å²) >= 11 is 0. The number of nitro groups is 1. The minimum atomic E-state index is -0.355. The summed E-state index contributed by atoms with van der Waals surface area (Å²) in [6, 6.07) is 5.45. The number of carbonyl (C=O) groups excluding carboxylic acids is 1. The lowest BCUT2D eigenvalue weighted by Gasteiger charge is -2.34. The van der Waals surface area contributed by atoms with Gasteiger partial charge in [-0.15, -0.1) is 0 Å². The molecule has 1 heterocycles. The molecule has 24 heavy (non-hydrogen) atoms. The molecule has 0 unspecified atom stereocenters. The van der Waals surface area contributed by atoms with Crippen LogP contribution in [0.1, 0.15) is 30.4 Å². The van der Waals surface area contributed by atoms with Crippen molar-refractivity contribution in [1.82, 2.24) is 4.90 Å². The number of nitro benzene ring substituents is 1. The first kappa shape index (κ1) is 18.4. The summed E-state index contributed by atoms with van der Waals surface area (Å²) in [5.74, 6) is -0.247. The standard InChI is InChI=1S/C17H24N2O5/c1-13-14(4-3-5-16(13)19(21)22)12-18(9-6-17(20)23-2)15-7-10-24-11-8-15/h3-5,15H,6-12H2,1-2H3. The molecule has 0 aliphatic carbocycles. The molecule has 1 aromatic rings. The first-order valence-electron chi connectivity index (χ1n) is 8.14. The highest BCUT2D eigenvalue weighted by atomic mass is 16.6. The van der Waals surface area contributed by atoms with Gasteiger partial charge in [-0.3, -0.25) is 19.8 Å². The van der Waals surface area contributed by atoms with Crippen LogP contribution in [0, 0.1) is 17.0 Å². The van der Waals surface area contributed by atoms with Gasteiger partial charge < -0.3 is 9.47 Å². The van der Waals surface area contributed by atoms with Gasteiger partial charge in [-0.05, 0) is 25.3 Å². The predicted octanol–water partition coefficient (Wildman–Crippen LogP) is 2.45. The average Bonchev–Trinajstić information content (AvgIpc) is 2.60. The quantitative estimate of drug-likeness (QED) is 0.432. The van der Waals surface area contributed by atoms with Crippen LogP contribution in [0.15, 0.2) is 18.2 Å². The van der Waals surface area contributed by atoms with Crippen molar-refractivity contribution in [3.05, 3.63) is 39.4 Å². The van der Waals surface area contributed by atoms with Crippen LogP contribution in [-0.4, -0.2) is 48.7 Å². The highest BCUT2D eigenvalue weighted by Crippen LogP contribution is 2.24. The first-order chi connectivity index (χ1) is 11.5. The summed E-state index contributed by atoms with van der Waals surface area (Å²) in [5.41, 5.74) is 1.73. The first-order valence-corrected chi connectivity index (χ1v) is 8.14. The number of benzene rings is 1. The van der Waals surface area contributed by atoms with Crippen molar-refractivity contribution < 1.29 is 19.2 Å². The van der Waals surface area contributed by atoms with Crippen LogP contribution in [0.3, 0.4) is 0 Å². The number of hydrogen-bond acceptors (Lipinski definition) is 6. The Kier molecular flexibility index (Phi) is 6.69. The lowest BCUT2D eigenvalue weighted by Crippen LogP contribution is -2.40. The van der Waals surface area contributed by atoms with E-state index in [0.717, 1.165) is 18.4 Å². The van der Waals surface area contributed by atoms with Crippen LogP contribution in [0.4, 0.5) is 5.69 Å². The van der Waals surface area contributed by atoms with Gasteiger partial charge in [0.05, 0.1) is 18.5 Å². The second-order valence-electron chi connectivity index (χ2n) is 5.96. The smallest absolute Gasteiger partial charge is 0.306 e. The zero-order valence-corrected chi connectivity index (χ0v) is 14.2. The number of carbonyl (C=O) groups is 1. The van der Waals surface area contributed by atoms with E-state index in [1.165, 1.54) is 13.2 Å². The van der Waals surface area contributed by atoms with Crippen LogP contribution < -0.4 is 0 Å². The van der Waals surface area contributed by atoms with Crippen LogP contribution >= 0.6 is 0 Å². The number of esters is 1. The molecule has 0 amide bonds. The Labute approximate surface area is 141 Å². The third kappa shape index (κ3) is 4.75. The SMILES string of the molecule is COC(=O)CCN(Cc1cccc([N+](=O)[O-])c1C)C1CCOCC1. The van der Waals surface area contributed by atoms with E-state index >= 15 is 0 Å². The van der Waals surface area contributed by atoms with Crippen molar-refractivity contribution in [2.24, 2.45) is 0 Å². The van der Waals surface area contributed by atoms with Crippen LogP contribution in [-0.2, 0) is 20.8 Å². The summed E-state index contributed by atoms with van der Waals surface area (Å²) < 4.78 is 10.1. The summed E-state index contributed by atoms with van der Waals surface area (Å²) in [5, 5.41) is 11.1. The Hall–Kier alpha value is -1.99. The molecule has 0 saturated carbocycles. The Balaban J connectivity index is 2.16. The van der Waals surface area contributed by atoms with Crippen molar-refractivity contribution in [3.8, 4) is 0 Å². The van der Waals surface area contributed by atoms with E-state index in [4.69, 9.17) is 9.47 Å². The van der Waals surface area contributed by atoms with Gasteiger partial charge in [-0.25, -0.2) is 0 Å². The van der Waals surface area contributed by atoms with Crippen molar-refractivity contribution in [2.45, 2.75) is 38.8 Å². The molecule has 0 atom stereocenters. The van der Waals surface area contributed by atoms with Gasteiger partial charge in [0.2, 0.25) is 0 Å². The summed E-state index contributed by atoms with van der Waals surface area (Å²) in [6.07, 6.45) is 2.10. The molecular weight excluding hydrogens is 312 g/mol. The highest BCUT2D eigenvalue weighted by molar-refractivity contribution is 5.69. The number of hydrogen-bond donors (Lipinski definition) is 0. The fourth-order valence-electron chi connectivity index (χ4n) is 3.04. The normalized spacial score (nSPS) is 15.5. The van der Waals surface area contributed by atoms with E-state index in [1.807, 2.05) is 6.07 Å². The Bertz CT molecular complexity index is 584. The molecule has 7 nitrogen and oxygen atoms in total. The molecule has 7 heteroatoms. The fourth-order valence-corrected chi connectivity index (χ4v) is 3.04. The lowest BCUT2D eigenvalue weighted by atomic mass is 10.0. The van der Waals surface area contributed by atoms with Gasteiger partial charge in [0.25, 0.3) is 5.69 Å². The summed E-state index contributed by atoms with van der Waals surface area (Å²) in [6.45, 7) is 4.32. The molecule has 0 aromatic heterocycles. The largest absolute Gasteiger partial charge is 0.469 e. The van der Waals surface area contributed by atoms with E-state index in [2.05, 4.69) is 4.90 Å². The number of nitrogens with zero attached hydrogens (tertiary/aromatic N) is 2. The molecule has 1 fully saturated rings. The molecule has 0 bridgehead atoms. The van der Waals surface area contributed by atoms with Crippen molar-refractivity contribution in [2.75, 3.05) is 26.9 Å². The minimum absolute atomic E-state index is 0.132. The van der Waals surface area contributed by atoms with E-state index in [-0.39, 0.29) is 16.6 Å². The molecule has 0 spiro atoms. The highest BCUT2D eigenvalue weighted by Gasteiger charge is 2.24.